The van der Waals surface area contributed by atoms with Gasteiger partial charge in [0.2, 0.25) is 5.91 Å². The minimum atomic E-state index is -0.0956. The lowest BCUT2D eigenvalue weighted by molar-refractivity contribution is -0.117. The fourth-order valence-corrected chi connectivity index (χ4v) is 2.79. The van der Waals surface area contributed by atoms with Gasteiger partial charge in [-0.3, -0.25) is 9.59 Å². The van der Waals surface area contributed by atoms with Crippen LogP contribution in [0.5, 0.6) is 0 Å². The number of carbonyl (C=O) groups is 2. The van der Waals surface area contributed by atoms with Crippen molar-refractivity contribution in [2.24, 2.45) is 5.92 Å². The number of anilines is 1. The number of rotatable bonds is 3. The van der Waals surface area contributed by atoms with Crippen LogP contribution in [-0.4, -0.2) is 16.1 Å². The molecule has 1 amide bonds. The molecule has 1 saturated carbocycles. The molecule has 0 aromatic carbocycles. The molecule has 0 radical (unpaired) electrons. The molecule has 0 saturated heterocycles. The summed E-state index contributed by atoms with van der Waals surface area (Å²) in [6, 6.07) is 0. The number of hydrogen-bond acceptors (Lipinski definition) is 4. The second-order valence-corrected chi connectivity index (χ2v) is 5.02. The minimum absolute atomic E-state index is 0.00588. The van der Waals surface area contributed by atoms with Crippen molar-refractivity contribution < 1.29 is 9.59 Å². The van der Waals surface area contributed by atoms with E-state index in [1.165, 1.54) is 6.92 Å². The average Bonchev–Trinajstić information content (AvgIpc) is 2.92. The highest BCUT2D eigenvalue weighted by atomic mass is 79.9. The fraction of sp³-hybridized carbons (Fsp3) is 0.444. The van der Waals surface area contributed by atoms with Crippen molar-refractivity contribution in [3.05, 3.63) is 10.2 Å². The quantitative estimate of drug-likeness (QED) is 0.869. The van der Waals surface area contributed by atoms with Crippen LogP contribution in [0.2, 0.25) is 0 Å². The summed E-state index contributed by atoms with van der Waals surface area (Å²) >= 11 is 4.32. The lowest BCUT2D eigenvalue weighted by Crippen LogP contribution is -2.14. The Morgan fingerprint density at radius 1 is 1.53 bits per heavy atom. The van der Waals surface area contributed by atoms with E-state index in [2.05, 4.69) is 25.6 Å². The molecule has 80 valence electrons. The van der Waals surface area contributed by atoms with Crippen LogP contribution in [0.25, 0.3) is 0 Å². The molecule has 0 unspecified atom stereocenters. The highest BCUT2D eigenvalue weighted by molar-refractivity contribution is 9.10. The lowest BCUT2D eigenvalue weighted by atomic mass is 10.2. The van der Waals surface area contributed by atoms with E-state index in [4.69, 9.17) is 0 Å². The molecule has 1 aromatic rings. The topological polar surface area (TPSA) is 59.1 Å². The third-order valence-electron chi connectivity index (χ3n) is 2.19. The van der Waals surface area contributed by atoms with Gasteiger partial charge >= 0.3 is 0 Å². The molecule has 15 heavy (non-hydrogen) atoms. The van der Waals surface area contributed by atoms with E-state index < -0.39 is 0 Å². The summed E-state index contributed by atoms with van der Waals surface area (Å²) in [7, 11) is 0. The van der Waals surface area contributed by atoms with E-state index in [1.807, 2.05) is 0 Å². The highest BCUT2D eigenvalue weighted by Gasteiger charge is 2.31. The van der Waals surface area contributed by atoms with Gasteiger partial charge in [0, 0.05) is 5.92 Å². The Morgan fingerprint density at radius 3 is 2.73 bits per heavy atom. The Kier molecular flexibility index (Phi) is 2.88. The largest absolute Gasteiger partial charge is 0.316 e. The average molecular weight is 289 g/mol. The van der Waals surface area contributed by atoms with Crippen LogP contribution in [0, 0.1) is 5.92 Å². The van der Waals surface area contributed by atoms with Crippen molar-refractivity contribution in [2.75, 3.05) is 5.32 Å². The van der Waals surface area contributed by atoms with Gasteiger partial charge in [0.25, 0.3) is 0 Å². The summed E-state index contributed by atoms with van der Waals surface area (Å²) in [4.78, 5) is 22.8. The first kappa shape index (κ1) is 10.8. The zero-order valence-electron chi connectivity index (χ0n) is 8.04. The SMILES string of the molecule is CC(=O)c1c(Br)nsc1NC(=O)C1CC1. The van der Waals surface area contributed by atoms with Crippen molar-refractivity contribution in [2.45, 2.75) is 19.8 Å². The van der Waals surface area contributed by atoms with Gasteiger partial charge in [0.05, 0.1) is 5.56 Å². The van der Waals surface area contributed by atoms with Crippen molar-refractivity contribution in [1.29, 1.82) is 0 Å². The van der Waals surface area contributed by atoms with Gasteiger partial charge in [0.15, 0.2) is 5.78 Å². The molecule has 0 atom stereocenters. The first-order valence-electron chi connectivity index (χ1n) is 4.56. The normalized spacial score (nSPS) is 15.1. The second-order valence-electron chi connectivity index (χ2n) is 3.50. The number of ketones is 1. The van der Waals surface area contributed by atoms with Crippen molar-refractivity contribution in [3.63, 3.8) is 0 Å². The molecule has 1 heterocycles. The third kappa shape index (κ3) is 2.26. The smallest absolute Gasteiger partial charge is 0.228 e. The molecule has 1 aliphatic rings. The van der Waals surface area contributed by atoms with Crippen LogP contribution in [0.4, 0.5) is 5.00 Å². The standard InChI is InChI=1S/C9H9BrN2O2S/c1-4(13)6-7(10)12-15-9(6)11-8(14)5-2-3-5/h5H,2-3H2,1H3,(H,11,14). The number of amides is 1. The molecular weight excluding hydrogens is 280 g/mol. The summed E-state index contributed by atoms with van der Waals surface area (Å²) in [5.41, 5.74) is 0.467. The van der Waals surface area contributed by atoms with Gasteiger partial charge in [0.1, 0.15) is 9.60 Å². The van der Waals surface area contributed by atoms with E-state index in [-0.39, 0.29) is 17.6 Å². The minimum Gasteiger partial charge on any atom is -0.316 e. The maximum atomic E-state index is 11.5. The molecule has 4 nitrogen and oxygen atoms in total. The number of carbonyl (C=O) groups excluding carboxylic acids is 2. The third-order valence-corrected chi connectivity index (χ3v) is 3.76. The van der Waals surface area contributed by atoms with Crippen LogP contribution < -0.4 is 5.32 Å². The number of halogens is 1. The monoisotopic (exact) mass is 288 g/mol. The van der Waals surface area contributed by atoms with Gasteiger partial charge in [-0.2, -0.15) is 4.37 Å². The second kappa shape index (κ2) is 4.02. The van der Waals surface area contributed by atoms with Gasteiger partial charge in [-0.25, -0.2) is 0 Å². The lowest BCUT2D eigenvalue weighted by Gasteiger charge is -2.01. The van der Waals surface area contributed by atoms with Crippen LogP contribution >= 0.6 is 27.5 Å². The van der Waals surface area contributed by atoms with E-state index in [9.17, 15) is 9.59 Å². The van der Waals surface area contributed by atoms with Crippen LogP contribution in [0.1, 0.15) is 30.1 Å². The van der Waals surface area contributed by atoms with Crippen molar-refractivity contribution in [3.8, 4) is 0 Å². The highest BCUT2D eigenvalue weighted by Crippen LogP contribution is 2.33. The van der Waals surface area contributed by atoms with E-state index >= 15 is 0 Å². The van der Waals surface area contributed by atoms with E-state index in [0.29, 0.717) is 15.2 Å². The van der Waals surface area contributed by atoms with Crippen LogP contribution in [0.3, 0.4) is 0 Å². The molecule has 1 fully saturated rings. The Hall–Kier alpha value is -0.750. The predicted octanol–water partition coefficient (Wildman–Crippen LogP) is 2.46. The van der Waals surface area contributed by atoms with E-state index in [1.54, 1.807) is 0 Å². The maximum Gasteiger partial charge on any atom is 0.228 e. The molecule has 0 spiro atoms. The zero-order chi connectivity index (χ0) is 11.0. The maximum absolute atomic E-state index is 11.5. The summed E-state index contributed by atoms with van der Waals surface area (Å²) in [6.45, 7) is 1.46. The van der Waals surface area contributed by atoms with Crippen molar-refractivity contribution >= 4 is 44.2 Å². The first-order valence-corrected chi connectivity index (χ1v) is 6.13. The first-order chi connectivity index (χ1) is 7.09. The van der Waals surface area contributed by atoms with Gasteiger partial charge in [-0.15, -0.1) is 0 Å². The summed E-state index contributed by atoms with van der Waals surface area (Å²) < 4.78 is 4.50. The zero-order valence-corrected chi connectivity index (χ0v) is 10.4. The fourth-order valence-electron chi connectivity index (χ4n) is 1.22. The molecule has 1 aliphatic carbocycles. The number of nitrogens with zero attached hydrogens (tertiary/aromatic N) is 1. The Balaban J connectivity index is 2.20. The molecule has 2 rings (SSSR count). The molecule has 1 N–H and O–H groups in total. The Bertz CT molecular complexity index is 426. The molecular formula is C9H9BrN2O2S. The number of hydrogen-bond donors (Lipinski definition) is 1. The Labute approximate surface area is 99.4 Å². The van der Waals surface area contributed by atoms with E-state index in [0.717, 1.165) is 24.4 Å². The van der Waals surface area contributed by atoms with Gasteiger partial charge in [-0.05, 0) is 47.2 Å². The van der Waals surface area contributed by atoms with Crippen LogP contribution in [0.15, 0.2) is 4.60 Å². The van der Waals surface area contributed by atoms with Gasteiger partial charge < -0.3 is 5.32 Å². The summed E-state index contributed by atoms with van der Waals surface area (Å²) in [6.07, 6.45) is 1.89. The van der Waals surface area contributed by atoms with Crippen molar-refractivity contribution in [1.82, 2.24) is 4.37 Å². The molecule has 0 bridgehead atoms. The number of Topliss-reactive ketones (excluding diaryl/α,β-unsaturated/α-hetero) is 1. The summed E-state index contributed by atoms with van der Waals surface area (Å²) in [5.74, 6) is 0.0288. The van der Waals surface area contributed by atoms with Crippen LogP contribution in [-0.2, 0) is 4.79 Å². The summed E-state index contributed by atoms with van der Waals surface area (Å²) in [5, 5.41) is 3.29. The Morgan fingerprint density at radius 2 is 2.20 bits per heavy atom. The molecule has 6 heteroatoms. The predicted molar refractivity (Wildman–Crippen MR) is 61.2 cm³/mol. The number of nitrogens with one attached hydrogen (secondary N) is 1. The molecule has 1 aromatic heterocycles. The molecule has 0 aliphatic heterocycles. The van der Waals surface area contributed by atoms with Gasteiger partial charge in [-0.1, -0.05) is 0 Å². The number of aromatic nitrogens is 1.